The summed E-state index contributed by atoms with van der Waals surface area (Å²) in [4.78, 5) is 21.8. The minimum Gasteiger partial charge on any atom is -0.288 e. The summed E-state index contributed by atoms with van der Waals surface area (Å²) in [7, 11) is 0. The Hall–Kier alpha value is -2.07. The number of hydrogen-bond donors (Lipinski definition) is 0. The summed E-state index contributed by atoms with van der Waals surface area (Å²) in [5.74, 6) is 0.0360. The molecule has 0 saturated carbocycles. The molecule has 4 heteroatoms. The number of rotatable bonds is 2. The lowest BCUT2D eigenvalue weighted by Crippen LogP contribution is -2.00. The molecule has 0 amide bonds. The molecule has 0 unspecified atom stereocenters. The number of benzene rings is 1. The summed E-state index contributed by atoms with van der Waals surface area (Å²) in [6.45, 7) is 3.79. The molecule has 3 rings (SSSR count). The van der Waals surface area contributed by atoms with Crippen LogP contribution in [-0.2, 0) is 0 Å². The van der Waals surface area contributed by atoms with E-state index in [1.165, 1.54) is 11.3 Å². The lowest BCUT2D eigenvalue weighted by Gasteiger charge is -2.01. The Bertz CT molecular complexity index is 777. The van der Waals surface area contributed by atoms with Crippen LogP contribution in [0, 0.1) is 13.8 Å². The van der Waals surface area contributed by atoms with E-state index in [1.807, 2.05) is 44.2 Å². The molecule has 0 aliphatic rings. The third-order valence-corrected chi connectivity index (χ3v) is 4.05. The summed E-state index contributed by atoms with van der Waals surface area (Å²) in [6.07, 6.45) is 1.75. The second-order valence-corrected chi connectivity index (χ2v) is 5.59. The highest BCUT2D eigenvalue weighted by atomic mass is 32.1. The predicted octanol–water partition coefficient (Wildman–Crippen LogP) is 3.54. The molecule has 0 fully saturated rings. The van der Waals surface area contributed by atoms with Crippen molar-refractivity contribution in [3.8, 4) is 0 Å². The second-order valence-electron chi connectivity index (χ2n) is 4.39. The van der Waals surface area contributed by atoms with Gasteiger partial charge >= 0.3 is 0 Å². The fourth-order valence-corrected chi connectivity index (χ4v) is 2.97. The number of carbonyl (C=O) groups is 1. The minimum absolute atomic E-state index is 0.0360. The first-order chi connectivity index (χ1) is 9.15. The number of ketones is 1. The largest absolute Gasteiger partial charge is 0.288 e. The molecule has 2 aromatic heterocycles. The summed E-state index contributed by atoms with van der Waals surface area (Å²) < 4.78 is 0. The van der Waals surface area contributed by atoms with Crippen LogP contribution in [-0.4, -0.2) is 15.8 Å². The van der Waals surface area contributed by atoms with Crippen molar-refractivity contribution in [3.63, 3.8) is 0 Å². The van der Waals surface area contributed by atoms with Crippen molar-refractivity contribution in [2.45, 2.75) is 13.8 Å². The van der Waals surface area contributed by atoms with Crippen molar-refractivity contribution in [3.05, 3.63) is 57.7 Å². The number of nitrogens with zero attached hydrogens (tertiary/aromatic N) is 2. The second kappa shape index (κ2) is 4.55. The van der Waals surface area contributed by atoms with Gasteiger partial charge in [-0.25, -0.2) is 4.98 Å². The zero-order chi connectivity index (χ0) is 13.4. The van der Waals surface area contributed by atoms with E-state index in [9.17, 15) is 4.79 Å². The van der Waals surface area contributed by atoms with Crippen LogP contribution in [0.25, 0.3) is 10.9 Å². The van der Waals surface area contributed by atoms with Gasteiger partial charge in [-0.2, -0.15) is 0 Å². The number of pyridine rings is 1. The van der Waals surface area contributed by atoms with Crippen molar-refractivity contribution in [1.82, 2.24) is 9.97 Å². The highest BCUT2D eigenvalue weighted by Crippen LogP contribution is 2.22. The van der Waals surface area contributed by atoms with E-state index < -0.39 is 0 Å². The number of aromatic nitrogens is 2. The van der Waals surface area contributed by atoms with Gasteiger partial charge < -0.3 is 0 Å². The fourth-order valence-electron chi connectivity index (χ4n) is 2.09. The Balaban J connectivity index is 2.09. The van der Waals surface area contributed by atoms with Gasteiger partial charge in [0.1, 0.15) is 0 Å². The van der Waals surface area contributed by atoms with Gasteiger partial charge in [0.15, 0.2) is 0 Å². The third kappa shape index (κ3) is 2.15. The third-order valence-electron chi connectivity index (χ3n) is 2.97. The molecule has 0 saturated heterocycles. The molecule has 19 heavy (non-hydrogen) atoms. The molecule has 3 nitrogen and oxygen atoms in total. The Morgan fingerprint density at radius 1 is 1.21 bits per heavy atom. The van der Waals surface area contributed by atoms with E-state index in [0.29, 0.717) is 5.56 Å². The van der Waals surface area contributed by atoms with E-state index in [0.717, 1.165) is 26.5 Å². The maximum atomic E-state index is 12.5. The molecule has 0 radical (unpaired) electrons. The van der Waals surface area contributed by atoms with Gasteiger partial charge in [0.25, 0.3) is 0 Å². The zero-order valence-corrected chi connectivity index (χ0v) is 11.5. The highest BCUT2D eigenvalue weighted by Gasteiger charge is 2.16. The molecule has 94 valence electrons. The van der Waals surface area contributed by atoms with Crippen LogP contribution in [0.5, 0.6) is 0 Å². The summed E-state index contributed by atoms with van der Waals surface area (Å²) in [5, 5.41) is 1.90. The number of aryl methyl sites for hydroxylation is 2. The van der Waals surface area contributed by atoms with Crippen molar-refractivity contribution < 1.29 is 4.79 Å². The van der Waals surface area contributed by atoms with Crippen LogP contribution in [0.1, 0.15) is 25.9 Å². The molecular formula is C15H12N2OS. The van der Waals surface area contributed by atoms with E-state index in [1.54, 1.807) is 6.20 Å². The highest BCUT2D eigenvalue weighted by molar-refractivity contribution is 7.14. The van der Waals surface area contributed by atoms with Gasteiger partial charge in [-0.3, -0.25) is 9.78 Å². The molecule has 0 aliphatic heterocycles. The van der Waals surface area contributed by atoms with Crippen LogP contribution in [0.4, 0.5) is 0 Å². The van der Waals surface area contributed by atoms with E-state index in [-0.39, 0.29) is 5.78 Å². The summed E-state index contributed by atoms with van der Waals surface area (Å²) in [5.41, 5.74) is 2.39. The van der Waals surface area contributed by atoms with Gasteiger partial charge in [0.05, 0.1) is 21.1 Å². The van der Waals surface area contributed by atoms with E-state index >= 15 is 0 Å². The molecule has 0 spiro atoms. The van der Waals surface area contributed by atoms with Crippen molar-refractivity contribution in [2.75, 3.05) is 0 Å². The first-order valence-corrected chi connectivity index (χ1v) is 6.80. The van der Waals surface area contributed by atoms with Gasteiger partial charge in [0.2, 0.25) is 5.78 Å². The van der Waals surface area contributed by atoms with Crippen LogP contribution >= 0.6 is 11.3 Å². The first-order valence-electron chi connectivity index (χ1n) is 5.98. The number of thiazole rings is 1. The van der Waals surface area contributed by atoms with E-state index in [4.69, 9.17) is 0 Å². The fraction of sp³-hybridized carbons (Fsp3) is 0.133. The standard InChI is InChI=1S/C15H12N2OS/c1-9-15(19-10(2)17-9)14(18)12-5-6-13-11(8-12)4-3-7-16-13/h3-8H,1-2H3. The average Bonchev–Trinajstić information content (AvgIpc) is 2.76. The van der Waals surface area contributed by atoms with Gasteiger partial charge in [-0.05, 0) is 38.1 Å². The number of carbonyl (C=O) groups excluding carboxylic acids is 1. The van der Waals surface area contributed by atoms with Crippen molar-refractivity contribution in [1.29, 1.82) is 0 Å². The van der Waals surface area contributed by atoms with Crippen LogP contribution in [0.2, 0.25) is 0 Å². The quantitative estimate of drug-likeness (QED) is 0.668. The monoisotopic (exact) mass is 268 g/mol. The van der Waals surface area contributed by atoms with E-state index in [2.05, 4.69) is 9.97 Å². The molecular weight excluding hydrogens is 256 g/mol. The maximum Gasteiger partial charge on any atom is 0.204 e. The Kier molecular flexibility index (Phi) is 2.87. The van der Waals surface area contributed by atoms with Gasteiger partial charge in [-0.1, -0.05) is 6.07 Å². The van der Waals surface area contributed by atoms with Crippen LogP contribution in [0.3, 0.4) is 0 Å². The zero-order valence-electron chi connectivity index (χ0n) is 10.7. The minimum atomic E-state index is 0.0360. The van der Waals surface area contributed by atoms with Crippen LogP contribution in [0.15, 0.2) is 36.5 Å². The number of hydrogen-bond acceptors (Lipinski definition) is 4. The Morgan fingerprint density at radius 3 is 2.79 bits per heavy atom. The molecule has 1 aromatic carbocycles. The summed E-state index contributed by atoms with van der Waals surface area (Å²) >= 11 is 1.45. The number of fused-ring (bicyclic) bond motifs is 1. The Labute approximate surface area is 115 Å². The maximum absolute atomic E-state index is 12.5. The van der Waals surface area contributed by atoms with Gasteiger partial charge in [-0.15, -0.1) is 11.3 Å². The average molecular weight is 268 g/mol. The van der Waals surface area contributed by atoms with Crippen LogP contribution < -0.4 is 0 Å². The molecule has 0 N–H and O–H groups in total. The SMILES string of the molecule is Cc1nc(C)c(C(=O)c2ccc3ncccc3c2)s1. The smallest absolute Gasteiger partial charge is 0.204 e. The predicted molar refractivity (Wildman–Crippen MR) is 76.8 cm³/mol. The topological polar surface area (TPSA) is 42.9 Å². The van der Waals surface area contributed by atoms with Gasteiger partial charge in [0, 0.05) is 17.1 Å². The molecule has 2 heterocycles. The Morgan fingerprint density at radius 2 is 2.05 bits per heavy atom. The normalized spacial score (nSPS) is 10.8. The van der Waals surface area contributed by atoms with Crippen molar-refractivity contribution >= 4 is 28.0 Å². The lowest BCUT2D eigenvalue weighted by atomic mass is 10.1. The molecule has 0 aliphatic carbocycles. The van der Waals surface area contributed by atoms with Crippen molar-refractivity contribution in [2.24, 2.45) is 0 Å². The first kappa shape index (κ1) is 12.0. The summed E-state index contributed by atoms with van der Waals surface area (Å²) in [6, 6.07) is 9.43. The molecule has 0 bridgehead atoms. The molecule has 3 aromatic rings. The molecule has 0 atom stereocenters. The lowest BCUT2D eigenvalue weighted by molar-refractivity contribution is 0.104.